The fraction of sp³-hybridized carbons (Fsp3) is 0.692. The Hall–Kier alpha value is -1.08. The summed E-state index contributed by atoms with van der Waals surface area (Å²) >= 11 is 0. The third-order valence-corrected chi connectivity index (χ3v) is 4.77. The Morgan fingerprint density at radius 2 is 2.14 bits per heavy atom. The predicted molar refractivity (Wildman–Crippen MR) is 79.7 cm³/mol. The van der Waals surface area contributed by atoms with Crippen LogP contribution >= 0.6 is 10.7 Å². The van der Waals surface area contributed by atoms with Crippen LogP contribution in [0, 0.1) is 0 Å². The van der Waals surface area contributed by atoms with Gasteiger partial charge in [0.05, 0.1) is 0 Å². The molecule has 1 amide bonds. The van der Waals surface area contributed by atoms with Crippen molar-refractivity contribution in [2.75, 3.05) is 0 Å². The summed E-state index contributed by atoms with van der Waals surface area (Å²) in [6.45, 7) is 2.04. The highest BCUT2D eigenvalue weighted by atomic mass is 35.7. The lowest BCUT2D eigenvalue weighted by molar-refractivity contribution is -0.122. The molecule has 1 aromatic heterocycles. The standard InChI is InChI=1S/C13H20ClN3O3S/c1-2-5-11-16-13(21(14,19)20)9-17(11)8-12(18)15-10-6-3-4-7-10/h9-10H,2-8H2,1H3,(H,15,18). The zero-order valence-electron chi connectivity index (χ0n) is 12.0. The van der Waals surface area contributed by atoms with E-state index in [0.717, 1.165) is 32.1 Å². The van der Waals surface area contributed by atoms with Gasteiger partial charge in [0.2, 0.25) is 5.91 Å². The maximum atomic E-state index is 12.0. The summed E-state index contributed by atoms with van der Waals surface area (Å²) in [7, 11) is 1.44. The smallest absolute Gasteiger partial charge is 0.280 e. The van der Waals surface area contributed by atoms with Crippen LogP contribution in [0.15, 0.2) is 11.2 Å². The molecule has 1 fully saturated rings. The van der Waals surface area contributed by atoms with Gasteiger partial charge in [0.1, 0.15) is 12.4 Å². The van der Waals surface area contributed by atoms with Gasteiger partial charge in [-0.05, 0) is 19.3 Å². The monoisotopic (exact) mass is 333 g/mol. The van der Waals surface area contributed by atoms with Crippen LogP contribution in [0.1, 0.15) is 44.9 Å². The summed E-state index contributed by atoms with van der Waals surface area (Å²) < 4.78 is 24.3. The predicted octanol–water partition coefficient (Wildman–Crippen LogP) is 1.82. The van der Waals surface area contributed by atoms with E-state index in [2.05, 4.69) is 10.3 Å². The number of imidazole rings is 1. The lowest BCUT2D eigenvalue weighted by atomic mass is 10.2. The molecule has 0 spiro atoms. The van der Waals surface area contributed by atoms with Gasteiger partial charge < -0.3 is 9.88 Å². The van der Waals surface area contributed by atoms with Crippen LogP contribution in [0.3, 0.4) is 0 Å². The first-order valence-corrected chi connectivity index (χ1v) is 9.51. The van der Waals surface area contributed by atoms with Crippen molar-refractivity contribution < 1.29 is 13.2 Å². The summed E-state index contributed by atoms with van der Waals surface area (Å²) in [5.41, 5.74) is 0. The average Bonchev–Trinajstić information content (AvgIpc) is 2.99. The zero-order chi connectivity index (χ0) is 15.5. The Morgan fingerprint density at radius 3 is 2.71 bits per heavy atom. The van der Waals surface area contributed by atoms with Crippen LogP contribution in [0.2, 0.25) is 0 Å². The van der Waals surface area contributed by atoms with E-state index in [1.807, 2.05) is 6.92 Å². The third kappa shape index (κ3) is 4.44. The van der Waals surface area contributed by atoms with Gasteiger partial charge in [-0.1, -0.05) is 19.8 Å². The topological polar surface area (TPSA) is 81.1 Å². The summed E-state index contributed by atoms with van der Waals surface area (Å²) in [6.07, 6.45) is 7.06. The van der Waals surface area contributed by atoms with Gasteiger partial charge >= 0.3 is 0 Å². The molecule has 2 rings (SSSR count). The Morgan fingerprint density at radius 1 is 1.48 bits per heavy atom. The Labute approximate surface area is 129 Å². The molecular formula is C13H20ClN3O3S. The van der Waals surface area contributed by atoms with E-state index in [9.17, 15) is 13.2 Å². The normalized spacial score (nSPS) is 16.3. The second-order valence-corrected chi connectivity index (χ2v) is 7.87. The highest BCUT2D eigenvalue weighted by molar-refractivity contribution is 8.13. The number of nitrogens with one attached hydrogen (secondary N) is 1. The molecule has 1 aliphatic rings. The molecule has 0 aromatic carbocycles. The molecule has 1 aliphatic carbocycles. The number of carbonyl (C=O) groups excluding carboxylic acids is 1. The first kappa shape index (κ1) is 16.3. The van der Waals surface area contributed by atoms with Gasteiger partial charge in [-0.15, -0.1) is 0 Å². The summed E-state index contributed by atoms with van der Waals surface area (Å²) in [4.78, 5) is 16.1. The minimum Gasteiger partial charge on any atom is -0.352 e. The molecule has 0 atom stereocenters. The maximum Gasteiger partial charge on any atom is 0.280 e. The summed E-state index contributed by atoms with van der Waals surface area (Å²) in [6, 6.07) is 0.242. The lowest BCUT2D eigenvalue weighted by Gasteiger charge is -2.13. The molecule has 1 aromatic rings. The number of nitrogens with zero attached hydrogens (tertiary/aromatic N) is 2. The summed E-state index contributed by atoms with van der Waals surface area (Å²) in [5, 5.41) is 2.78. The number of halogens is 1. The fourth-order valence-corrected chi connectivity index (χ4v) is 3.29. The number of aromatic nitrogens is 2. The van der Waals surface area contributed by atoms with Crippen LogP contribution in [-0.2, 0) is 26.8 Å². The minimum atomic E-state index is -3.87. The first-order chi connectivity index (χ1) is 9.90. The molecule has 0 unspecified atom stereocenters. The van der Waals surface area contributed by atoms with Crippen molar-refractivity contribution in [3.8, 4) is 0 Å². The molecular weight excluding hydrogens is 314 g/mol. The van der Waals surface area contributed by atoms with E-state index in [4.69, 9.17) is 10.7 Å². The Balaban J connectivity index is 2.10. The van der Waals surface area contributed by atoms with Crippen molar-refractivity contribution in [1.82, 2.24) is 14.9 Å². The number of rotatable bonds is 6. The first-order valence-electron chi connectivity index (χ1n) is 7.20. The van der Waals surface area contributed by atoms with Crippen LogP contribution in [0.25, 0.3) is 0 Å². The van der Waals surface area contributed by atoms with Crippen LogP contribution in [-0.4, -0.2) is 29.9 Å². The van der Waals surface area contributed by atoms with E-state index in [0.29, 0.717) is 12.2 Å². The molecule has 0 bridgehead atoms. The van der Waals surface area contributed by atoms with Gasteiger partial charge in [0.15, 0.2) is 5.03 Å². The quantitative estimate of drug-likeness (QED) is 0.805. The van der Waals surface area contributed by atoms with Crippen molar-refractivity contribution in [3.63, 3.8) is 0 Å². The van der Waals surface area contributed by atoms with E-state index in [1.54, 1.807) is 4.57 Å². The number of amides is 1. The molecule has 21 heavy (non-hydrogen) atoms. The molecule has 0 saturated heterocycles. The molecule has 0 radical (unpaired) electrons. The zero-order valence-corrected chi connectivity index (χ0v) is 13.6. The van der Waals surface area contributed by atoms with Gasteiger partial charge in [-0.3, -0.25) is 4.79 Å². The highest BCUT2D eigenvalue weighted by Crippen LogP contribution is 2.18. The van der Waals surface area contributed by atoms with Gasteiger partial charge in [-0.25, -0.2) is 13.4 Å². The van der Waals surface area contributed by atoms with E-state index in [-0.39, 0.29) is 23.5 Å². The lowest BCUT2D eigenvalue weighted by Crippen LogP contribution is -2.35. The molecule has 1 heterocycles. The van der Waals surface area contributed by atoms with Crippen LogP contribution in [0.4, 0.5) is 0 Å². The third-order valence-electron chi connectivity index (χ3n) is 3.59. The van der Waals surface area contributed by atoms with Crippen molar-refractivity contribution in [3.05, 3.63) is 12.0 Å². The van der Waals surface area contributed by atoms with E-state index < -0.39 is 9.05 Å². The van der Waals surface area contributed by atoms with E-state index in [1.165, 1.54) is 6.20 Å². The van der Waals surface area contributed by atoms with Gasteiger partial charge in [0.25, 0.3) is 9.05 Å². The second-order valence-electron chi connectivity index (χ2n) is 5.36. The summed E-state index contributed by atoms with van der Waals surface area (Å²) in [5.74, 6) is 0.452. The molecule has 8 heteroatoms. The second kappa shape index (κ2) is 6.79. The van der Waals surface area contributed by atoms with Crippen LogP contribution in [0.5, 0.6) is 0 Å². The van der Waals surface area contributed by atoms with Crippen molar-refractivity contribution in [2.45, 2.75) is 63.1 Å². The van der Waals surface area contributed by atoms with Crippen molar-refractivity contribution in [1.29, 1.82) is 0 Å². The van der Waals surface area contributed by atoms with Crippen molar-refractivity contribution >= 4 is 25.6 Å². The highest BCUT2D eigenvalue weighted by Gasteiger charge is 2.21. The molecule has 6 nitrogen and oxygen atoms in total. The number of hydrogen-bond acceptors (Lipinski definition) is 4. The fourth-order valence-electron chi connectivity index (χ4n) is 2.60. The number of carbonyl (C=O) groups is 1. The minimum absolute atomic E-state index is 0.0746. The Bertz CT molecular complexity index is 606. The molecule has 0 aliphatic heterocycles. The Kier molecular flexibility index (Phi) is 5.27. The van der Waals surface area contributed by atoms with Gasteiger partial charge in [0, 0.05) is 29.3 Å². The van der Waals surface area contributed by atoms with Gasteiger partial charge in [-0.2, -0.15) is 0 Å². The largest absolute Gasteiger partial charge is 0.352 e. The average molecular weight is 334 g/mol. The number of hydrogen-bond donors (Lipinski definition) is 1. The molecule has 1 saturated carbocycles. The van der Waals surface area contributed by atoms with Crippen LogP contribution < -0.4 is 5.32 Å². The van der Waals surface area contributed by atoms with Crippen molar-refractivity contribution in [2.24, 2.45) is 0 Å². The molecule has 1 N–H and O–H groups in total. The molecule has 118 valence electrons. The maximum absolute atomic E-state index is 12.0. The van der Waals surface area contributed by atoms with E-state index >= 15 is 0 Å². The number of aryl methyl sites for hydroxylation is 1. The SMILES string of the molecule is CCCc1nc(S(=O)(=O)Cl)cn1CC(=O)NC1CCCC1.